The molecule has 0 fully saturated rings. The quantitative estimate of drug-likeness (QED) is 0.337. The number of aromatic nitrogens is 2. The van der Waals surface area contributed by atoms with Crippen molar-refractivity contribution in [1.82, 2.24) is 10.2 Å². The maximum atomic E-state index is 11.0. The van der Waals surface area contributed by atoms with Crippen molar-refractivity contribution in [2.75, 3.05) is 0 Å². The van der Waals surface area contributed by atoms with Crippen molar-refractivity contribution < 1.29 is 14.1 Å². The molecule has 7 nitrogen and oxygen atoms in total. The number of nitro groups is 1. The zero-order valence-corrected chi connectivity index (χ0v) is 15.1. The molecule has 0 amide bonds. The Kier molecular flexibility index (Phi) is 5.52. The summed E-state index contributed by atoms with van der Waals surface area (Å²) in [7, 11) is 0. The highest BCUT2D eigenvalue weighted by molar-refractivity contribution is 7.98. The third-order valence-electron chi connectivity index (χ3n) is 3.40. The Labute approximate surface area is 154 Å². The largest absolute Gasteiger partial charge is 0.491 e. The molecule has 0 bridgehead atoms. The van der Waals surface area contributed by atoms with Crippen molar-refractivity contribution in [2.24, 2.45) is 0 Å². The van der Waals surface area contributed by atoms with Crippen LogP contribution < -0.4 is 4.74 Å². The van der Waals surface area contributed by atoms with E-state index in [2.05, 4.69) is 10.2 Å². The van der Waals surface area contributed by atoms with Crippen LogP contribution in [0.5, 0.6) is 5.75 Å². The van der Waals surface area contributed by atoms with Gasteiger partial charge in [0.1, 0.15) is 5.75 Å². The number of hydrogen-bond donors (Lipinski definition) is 0. The van der Waals surface area contributed by atoms with Crippen LogP contribution in [0.4, 0.5) is 5.69 Å². The molecule has 0 N–H and O–H groups in total. The molecule has 0 aliphatic carbocycles. The topological polar surface area (TPSA) is 91.3 Å². The first-order valence-electron chi connectivity index (χ1n) is 7.98. The first kappa shape index (κ1) is 17.9. The SMILES string of the molecule is CC(C)Oc1ccc([N+](=O)[O-])cc1CSc1nnc(-c2ccccc2)o1. The van der Waals surface area contributed by atoms with Gasteiger partial charge in [-0.3, -0.25) is 10.1 Å². The van der Waals surface area contributed by atoms with E-state index in [1.165, 1.54) is 23.9 Å². The van der Waals surface area contributed by atoms with Gasteiger partial charge in [0, 0.05) is 29.0 Å². The van der Waals surface area contributed by atoms with Gasteiger partial charge in [-0.1, -0.05) is 30.0 Å². The Morgan fingerprint density at radius 2 is 1.96 bits per heavy atom. The fourth-order valence-electron chi connectivity index (χ4n) is 2.27. The van der Waals surface area contributed by atoms with Crippen LogP contribution >= 0.6 is 11.8 Å². The first-order chi connectivity index (χ1) is 12.5. The van der Waals surface area contributed by atoms with Gasteiger partial charge in [0.05, 0.1) is 11.0 Å². The van der Waals surface area contributed by atoms with Gasteiger partial charge in [-0.05, 0) is 32.0 Å². The summed E-state index contributed by atoms with van der Waals surface area (Å²) in [5.74, 6) is 1.46. The molecule has 26 heavy (non-hydrogen) atoms. The molecule has 0 radical (unpaired) electrons. The fourth-order valence-corrected chi connectivity index (χ4v) is 3.01. The van der Waals surface area contributed by atoms with Crippen LogP contribution in [0.15, 0.2) is 58.2 Å². The Bertz CT molecular complexity index is 896. The minimum atomic E-state index is -0.423. The summed E-state index contributed by atoms with van der Waals surface area (Å²) in [5, 5.41) is 19.5. The summed E-state index contributed by atoms with van der Waals surface area (Å²) in [6, 6.07) is 14.0. The summed E-state index contributed by atoms with van der Waals surface area (Å²) < 4.78 is 11.4. The molecule has 0 aliphatic heterocycles. The van der Waals surface area contributed by atoms with Crippen molar-refractivity contribution in [3.63, 3.8) is 0 Å². The highest BCUT2D eigenvalue weighted by Crippen LogP contribution is 2.32. The van der Waals surface area contributed by atoms with E-state index in [0.29, 0.717) is 28.2 Å². The van der Waals surface area contributed by atoms with Crippen molar-refractivity contribution in [3.05, 3.63) is 64.2 Å². The van der Waals surface area contributed by atoms with Crippen LogP contribution in [0.2, 0.25) is 0 Å². The molecular formula is C18H17N3O4S. The van der Waals surface area contributed by atoms with Crippen molar-refractivity contribution in [3.8, 4) is 17.2 Å². The van der Waals surface area contributed by atoms with E-state index in [0.717, 1.165) is 5.56 Å². The zero-order valence-electron chi connectivity index (χ0n) is 14.3. The Morgan fingerprint density at radius 3 is 2.65 bits per heavy atom. The Hall–Kier alpha value is -2.87. The number of nitro benzene ring substituents is 1. The van der Waals surface area contributed by atoms with Crippen molar-refractivity contribution in [1.29, 1.82) is 0 Å². The Morgan fingerprint density at radius 1 is 1.19 bits per heavy atom. The maximum absolute atomic E-state index is 11.0. The van der Waals surface area contributed by atoms with Crippen LogP contribution in [0, 0.1) is 10.1 Å². The summed E-state index contributed by atoms with van der Waals surface area (Å²) in [5.41, 5.74) is 1.57. The van der Waals surface area contributed by atoms with E-state index in [4.69, 9.17) is 9.15 Å². The molecule has 0 saturated carbocycles. The van der Waals surface area contributed by atoms with Crippen molar-refractivity contribution in [2.45, 2.75) is 30.9 Å². The lowest BCUT2D eigenvalue weighted by Gasteiger charge is -2.13. The highest BCUT2D eigenvalue weighted by Gasteiger charge is 2.15. The predicted molar refractivity (Wildman–Crippen MR) is 98.2 cm³/mol. The lowest BCUT2D eigenvalue weighted by molar-refractivity contribution is -0.384. The second kappa shape index (κ2) is 8.01. The normalized spacial score (nSPS) is 10.9. The van der Waals surface area contributed by atoms with Crippen molar-refractivity contribution >= 4 is 17.4 Å². The zero-order chi connectivity index (χ0) is 18.5. The van der Waals surface area contributed by atoms with E-state index in [9.17, 15) is 10.1 Å². The highest BCUT2D eigenvalue weighted by atomic mass is 32.2. The molecule has 2 aromatic carbocycles. The lowest BCUT2D eigenvalue weighted by atomic mass is 10.2. The minimum absolute atomic E-state index is 0.0206. The molecule has 3 rings (SSSR count). The third-order valence-corrected chi connectivity index (χ3v) is 4.26. The van der Waals surface area contributed by atoms with Gasteiger partial charge in [-0.2, -0.15) is 0 Å². The van der Waals surface area contributed by atoms with E-state index in [-0.39, 0.29) is 11.8 Å². The van der Waals surface area contributed by atoms with Gasteiger partial charge in [0.15, 0.2) is 0 Å². The summed E-state index contributed by atoms with van der Waals surface area (Å²) in [4.78, 5) is 10.6. The average Bonchev–Trinajstić information content (AvgIpc) is 3.10. The molecule has 1 aromatic heterocycles. The molecule has 0 spiro atoms. The van der Waals surface area contributed by atoms with E-state index in [1.54, 1.807) is 6.07 Å². The monoisotopic (exact) mass is 371 g/mol. The fraction of sp³-hybridized carbons (Fsp3) is 0.222. The van der Waals surface area contributed by atoms with Crippen LogP contribution in [0.3, 0.4) is 0 Å². The smallest absolute Gasteiger partial charge is 0.277 e. The molecule has 3 aromatic rings. The van der Waals surface area contributed by atoms with Crippen LogP contribution in [0.1, 0.15) is 19.4 Å². The molecule has 1 heterocycles. The van der Waals surface area contributed by atoms with E-state index in [1.807, 2.05) is 44.2 Å². The predicted octanol–water partition coefficient (Wildman–Crippen LogP) is 4.72. The molecular weight excluding hydrogens is 354 g/mol. The van der Waals surface area contributed by atoms with Gasteiger partial charge in [-0.15, -0.1) is 10.2 Å². The van der Waals surface area contributed by atoms with Crippen LogP contribution in [-0.4, -0.2) is 21.2 Å². The van der Waals surface area contributed by atoms with Gasteiger partial charge >= 0.3 is 0 Å². The molecule has 0 unspecified atom stereocenters. The molecule has 0 aliphatic rings. The van der Waals surface area contributed by atoms with Gasteiger partial charge < -0.3 is 9.15 Å². The number of benzene rings is 2. The number of hydrogen-bond acceptors (Lipinski definition) is 7. The Balaban J connectivity index is 1.77. The van der Waals surface area contributed by atoms with Crippen LogP contribution in [-0.2, 0) is 5.75 Å². The lowest BCUT2D eigenvalue weighted by Crippen LogP contribution is -2.07. The maximum Gasteiger partial charge on any atom is 0.277 e. The number of non-ortho nitro benzene ring substituents is 1. The summed E-state index contributed by atoms with van der Waals surface area (Å²) in [6.07, 6.45) is -0.0340. The molecule has 0 saturated heterocycles. The first-order valence-corrected chi connectivity index (χ1v) is 8.97. The second-order valence-electron chi connectivity index (χ2n) is 5.74. The van der Waals surface area contributed by atoms with Crippen LogP contribution in [0.25, 0.3) is 11.5 Å². The molecule has 134 valence electrons. The summed E-state index contributed by atoms with van der Waals surface area (Å²) >= 11 is 1.31. The van der Waals surface area contributed by atoms with Gasteiger partial charge in [0.2, 0.25) is 5.89 Å². The number of ether oxygens (including phenoxy) is 1. The average molecular weight is 371 g/mol. The van der Waals surface area contributed by atoms with Gasteiger partial charge in [0.25, 0.3) is 10.9 Å². The molecule has 0 atom stereocenters. The van der Waals surface area contributed by atoms with Gasteiger partial charge in [-0.25, -0.2) is 0 Å². The number of nitrogens with zero attached hydrogens (tertiary/aromatic N) is 3. The standard InChI is InChI=1S/C18H17N3O4S/c1-12(2)24-16-9-8-15(21(22)23)10-14(16)11-26-18-20-19-17(25-18)13-6-4-3-5-7-13/h3-10,12H,11H2,1-2H3. The second-order valence-corrected chi connectivity index (χ2v) is 6.67. The minimum Gasteiger partial charge on any atom is -0.491 e. The van der Waals surface area contributed by atoms with E-state index < -0.39 is 4.92 Å². The third kappa shape index (κ3) is 4.40. The van der Waals surface area contributed by atoms with E-state index >= 15 is 0 Å². The number of rotatable bonds is 7. The number of thioether (sulfide) groups is 1. The summed E-state index contributed by atoms with van der Waals surface area (Å²) in [6.45, 7) is 3.81. The molecule has 8 heteroatoms.